The quantitative estimate of drug-likeness (QED) is 0.491. The Kier molecular flexibility index (Phi) is 6.59. The summed E-state index contributed by atoms with van der Waals surface area (Å²) in [6.07, 6.45) is 0. The van der Waals surface area contributed by atoms with Crippen molar-refractivity contribution in [3.63, 3.8) is 0 Å². The van der Waals surface area contributed by atoms with Crippen LogP contribution in [0.3, 0.4) is 0 Å². The van der Waals surface area contributed by atoms with Crippen LogP contribution >= 0.6 is 31.9 Å². The Labute approximate surface area is 167 Å². The SMILES string of the molecule is Cc1nc(C)n(-c2ccc(Br)cc2Br)c(=O)c1S(=O)(=O)O.[H-].[Na+]. The number of benzene rings is 1. The van der Waals surface area contributed by atoms with Gasteiger partial charge in [0.2, 0.25) is 0 Å². The van der Waals surface area contributed by atoms with Gasteiger partial charge >= 0.3 is 39.7 Å². The average Bonchev–Trinajstić information content (AvgIpc) is 2.29. The Morgan fingerprint density at radius 1 is 1.27 bits per heavy atom. The number of aryl methyl sites for hydroxylation is 2. The summed E-state index contributed by atoms with van der Waals surface area (Å²) in [5, 5.41) is 0. The van der Waals surface area contributed by atoms with Crippen molar-refractivity contribution >= 4 is 42.0 Å². The van der Waals surface area contributed by atoms with Crippen LogP contribution in [0.5, 0.6) is 0 Å². The van der Waals surface area contributed by atoms with Gasteiger partial charge in [0.1, 0.15) is 5.82 Å². The first-order valence-electron chi connectivity index (χ1n) is 5.66. The molecule has 0 saturated carbocycles. The average molecular weight is 462 g/mol. The van der Waals surface area contributed by atoms with E-state index in [0.717, 1.165) is 9.04 Å². The maximum Gasteiger partial charge on any atom is 1.00 e. The van der Waals surface area contributed by atoms with Crippen LogP contribution in [0.1, 0.15) is 12.9 Å². The van der Waals surface area contributed by atoms with Crippen molar-refractivity contribution in [3.8, 4) is 5.69 Å². The van der Waals surface area contributed by atoms with Crippen molar-refractivity contribution in [3.05, 3.63) is 49.0 Å². The van der Waals surface area contributed by atoms with Gasteiger partial charge in [0.25, 0.3) is 5.56 Å². The Balaban J connectivity index is 0.00000242. The fourth-order valence-corrected chi connectivity index (χ4v) is 3.95. The summed E-state index contributed by atoms with van der Waals surface area (Å²) in [5.74, 6) is 0.313. The molecule has 0 atom stereocenters. The molecule has 10 heteroatoms. The zero-order chi connectivity index (χ0) is 15.9. The standard InChI is InChI=1S/C12H10Br2N2O4S.Na.H/c1-6-11(21(18,19)20)12(17)16(7(2)15-6)10-4-3-8(13)5-9(10)14;;/h3-5H,1-2H3,(H,18,19,20);;/q;+1;-1. The second-order valence-electron chi connectivity index (χ2n) is 4.28. The van der Waals surface area contributed by atoms with E-state index in [9.17, 15) is 17.8 Å². The number of nitrogens with zero attached hydrogens (tertiary/aromatic N) is 2. The van der Waals surface area contributed by atoms with Gasteiger partial charge in [-0.3, -0.25) is 13.9 Å². The normalized spacial score (nSPS) is 11.1. The van der Waals surface area contributed by atoms with Crippen molar-refractivity contribution in [1.82, 2.24) is 9.55 Å². The molecule has 1 aromatic heterocycles. The monoisotopic (exact) mass is 460 g/mol. The maximum atomic E-state index is 12.4. The number of halogens is 2. The van der Waals surface area contributed by atoms with E-state index in [1.807, 2.05) is 0 Å². The van der Waals surface area contributed by atoms with Crippen molar-refractivity contribution < 1.29 is 44.0 Å². The molecule has 2 rings (SSSR count). The predicted molar refractivity (Wildman–Crippen MR) is 85.6 cm³/mol. The molecule has 6 nitrogen and oxygen atoms in total. The summed E-state index contributed by atoms with van der Waals surface area (Å²) >= 11 is 6.61. The van der Waals surface area contributed by atoms with Crippen molar-refractivity contribution in [2.24, 2.45) is 0 Å². The van der Waals surface area contributed by atoms with Crippen LogP contribution in [-0.2, 0) is 10.1 Å². The van der Waals surface area contributed by atoms with Crippen LogP contribution in [0, 0.1) is 13.8 Å². The van der Waals surface area contributed by atoms with Gasteiger partial charge in [-0.1, -0.05) is 15.9 Å². The molecule has 0 bridgehead atoms. The first kappa shape index (κ1) is 20.0. The van der Waals surface area contributed by atoms with Crippen LogP contribution in [0.15, 0.2) is 36.8 Å². The van der Waals surface area contributed by atoms with E-state index < -0.39 is 20.6 Å². The molecule has 0 radical (unpaired) electrons. The molecule has 2 aromatic rings. The minimum absolute atomic E-state index is 0. The van der Waals surface area contributed by atoms with Gasteiger partial charge in [0.15, 0.2) is 4.90 Å². The minimum Gasteiger partial charge on any atom is -1.00 e. The fourth-order valence-electron chi connectivity index (χ4n) is 1.99. The van der Waals surface area contributed by atoms with Gasteiger partial charge in [0, 0.05) is 8.95 Å². The fraction of sp³-hybridized carbons (Fsp3) is 0.167. The van der Waals surface area contributed by atoms with Crippen LogP contribution in [0.2, 0.25) is 0 Å². The minimum atomic E-state index is -4.65. The molecule has 114 valence electrons. The van der Waals surface area contributed by atoms with Crippen LogP contribution < -0.4 is 35.1 Å². The summed E-state index contributed by atoms with van der Waals surface area (Å²) in [4.78, 5) is 15.8. The number of aromatic nitrogens is 2. The van der Waals surface area contributed by atoms with Gasteiger partial charge in [0.05, 0.1) is 11.4 Å². The molecule has 0 aliphatic rings. The molecular formula is C12H11Br2N2NaO4S. The molecule has 22 heavy (non-hydrogen) atoms. The summed E-state index contributed by atoms with van der Waals surface area (Å²) < 4.78 is 34.5. The summed E-state index contributed by atoms with van der Waals surface area (Å²) in [6.45, 7) is 2.94. The van der Waals surface area contributed by atoms with Gasteiger partial charge in [-0.25, -0.2) is 4.98 Å². The van der Waals surface area contributed by atoms with E-state index in [2.05, 4.69) is 36.8 Å². The van der Waals surface area contributed by atoms with E-state index in [4.69, 9.17) is 0 Å². The second kappa shape index (κ2) is 7.25. The predicted octanol–water partition coefficient (Wildman–Crippen LogP) is -0.262. The Bertz CT molecular complexity index is 903. The number of hydrogen-bond acceptors (Lipinski definition) is 4. The molecule has 0 unspecified atom stereocenters. The van der Waals surface area contributed by atoms with Gasteiger partial charge in [-0.15, -0.1) is 0 Å². The summed E-state index contributed by atoms with van der Waals surface area (Å²) in [5.41, 5.74) is -0.451. The van der Waals surface area contributed by atoms with Gasteiger partial charge in [-0.2, -0.15) is 8.42 Å². The first-order chi connectivity index (χ1) is 9.62. The topological polar surface area (TPSA) is 89.3 Å². The smallest absolute Gasteiger partial charge is 1.00 e. The Morgan fingerprint density at radius 3 is 2.36 bits per heavy atom. The van der Waals surface area contributed by atoms with E-state index in [1.165, 1.54) is 6.92 Å². The zero-order valence-electron chi connectivity index (χ0n) is 13.0. The van der Waals surface area contributed by atoms with Crippen molar-refractivity contribution in [1.29, 1.82) is 0 Å². The summed E-state index contributed by atoms with van der Waals surface area (Å²) in [7, 11) is -4.65. The molecule has 1 aromatic carbocycles. The maximum absolute atomic E-state index is 12.4. The molecule has 0 fully saturated rings. The summed E-state index contributed by atoms with van der Waals surface area (Å²) in [6, 6.07) is 5.06. The third kappa shape index (κ3) is 3.89. The molecule has 0 aliphatic carbocycles. The van der Waals surface area contributed by atoms with E-state index in [1.54, 1.807) is 25.1 Å². The number of hydrogen-bond donors (Lipinski definition) is 1. The number of rotatable bonds is 2. The molecule has 0 spiro atoms. The third-order valence-electron chi connectivity index (χ3n) is 2.79. The molecule has 0 amide bonds. The van der Waals surface area contributed by atoms with E-state index >= 15 is 0 Å². The van der Waals surface area contributed by atoms with Crippen LogP contribution in [0.4, 0.5) is 0 Å². The largest absolute Gasteiger partial charge is 1.00 e. The Morgan fingerprint density at radius 2 is 1.86 bits per heavy atom. The van der Waals surface area contributed by atoms with Crippen LogP contribution in [0.25, 0.3) is 5.69 Å². The first-order valence-corrected chi connectivity index (χ1v) is 8.68. The van der Waals surface area contributed by atoms with Crippen molar-refractivity contribution in [2.75, 3.05) is 0 Å². The van der Waals surface area contributed by atoms with E-state index in [0.29, 0.717) is 16.0 Å². The molecular weight excluding hydrogens is 451 g/mol. The Hall–Kier alpha value is -0.0300. The molecule has 1 heterocycles. The molecule has 0 saturated heterocycles. The van der Waals surface area contributed by atoms with Gasteiger partial charge in [-0.05, 0) is 48.0 Å². The molecule has 1 N–H and O–H groups in total. The zero-order valence-corrected chi connectivity index (χ0v) is 18.0. The van der Waals surface area contributed by atoms with Gasteiger partial charge < -0.3 is 1.43 Å². The second-order valence-corrected chi connectivity index (χ2v) is 7.41. The third-order valence-corrected chi connectivity index (χ3v) is 4.90. The van der Waals surface area contributed by atoms with Crippen LogP contribution in [-0.4, -0.2) is 22.5 Å². The van der Waals surface area contributed by atoms with Crippen molar-refractivity contribution in [2.45, 2.75) is 18.7 Å². The molecule has 0 aliphatic heterocycles. The van der Waals surface area contributed by atoms with E-state index in [-0.39, 0.29) is 36.7 Å².